The van der Waals surface area contributed by atoms with E-state index in [1.807, 2.05) is 0 Å². The Hall–Kier alpha value is -1.78. The highest BCUT2D eigenvalue weighted by Crippen LogP contribution is 2.09. The number of rotatable bonds is 3. The molecule has 1 heterocycles. The van der Waals surface area contributed by atoms with Crippen LogP contribution >= 0.6 is 0 Å². The molecule has 1 rings (SSSR count). The smallest absolute Gasteiger partial charge is 0.305 e. The van der Waals surface area contributed by atoms with Gasteiger partial charge < -0.3 is 14.8 Å². The third-order valence-electron chi connectivity index (χ3n) is 1.98. The highest BCUT2D eigenvalue weighted by Gasteiger charge is 2.05. The molecule has 0 aliphatic heterocycles. The van der Waals surface area contributed by atoms with E-state index in [-0.39, 0.29) is 18.7 Å². The minimum absolute atomic E-state index is 0.0385. The summed E-state index contributed by atoms with van der Waals surface area (Å²) in [6, 6.07) is 1.21. The van der Waals surface area contributed by atoms with Crippen molar-refractivity contribution in [3.05, 3.63) is 28.2 Å². The summed E-state index contributed by atoms with van der Waals surface area (Å²) in [6.45, 7) is 1.81. The number of aromatic hydroxyl groups is 1. The second-order valence-corrected chi connectivity index (χ2v) is 2.95. The molecule has 0 fully saturated rings. The van der Waals surface area contributed by atoms with E-state index in [2.05, 4.69) is 0 Å². The third-order valence-corrected chi connectivity index (χ3v) is 1.98. The number of pyridine rings is 1. The minimum Gasteiger partial charge on any atom is -0.503 e. The third kappa shape index (κ3) is 2.12. The Balaban J connectivity index is 2.94. The van der Waals surface area contributed by atoms with Gasteiger partial charge in [0.1, 0.15) is 0 Å². The van der Waals surface area contributed by atoms with Gasteiger partial charge in [-0.1, -0.05) is 0 Å². The first-order chi connectivity index (χ1) is 6.52. The maximum Gasteiger partial charge on any atom is 0.305 e. The van der Waals surface area contributed by atoms with E-state index < -0.39 is 11.4 Å². The number of carbonyl (C=O) groups is 1. The summed E-state index contributed by atoms with van der Waals surface area (Å²) in [5.74, 6) is -1.24. The second-order valence-electron chi connectivity index (χ2n) is 2.95. The van der Waals surface area contributed by atoms with Gasteiger partial charge in [0.15, 0.2) is 5.75 Å². The fourth-order valence-electron chi connectivity index (χ4n) is 1.12. The van der Waals surface area contributed by atoms with Crippen molar-refractivity contribution in [2.45, 2.75) is 19.9 Å². The standard InChI is InChI=1S/C9H11NO4/c1-6-9(14)7(11)2-4-10(6)5-3-8(12)13/h2,4,14H,3,5H2,1H3,(H,12,13). The van der Waals surface area contributed by atoms with Crippen LogP contribution in [0.3, 0.4) is 0 Å². The van der Waals surface area contributed by atoms with E-state index in [1.165, 1.54) is 16.8 Å². The van der Waals surface area contributed by atoms with Crippen LogP contribution in [0.4, 0.5) is 0 Å². The number of aryl methyl sites for hydroxylation is 1. The van der Waals surface area contributed by atoms with Gasteiger partial charge in [0, 0.05) is 18.8 Å². The predicted molar refractivity (Wildman–Crippen MR) is 49.4 cm³/mol. The molecule has 0 aliphatic rings. The van der Waals surface area contributed by atoms with Gasteiger partial charge >= 0.3 is 5.97 Å². The molecule has 0 saturated heterocycles. The molecular weight excluding hydrogens is 186 g/mol. The topological polar surface area (TPSA) is 79.5 Å². The van der Waals surface area contributed by atoms with Gasteiger partial charge in [-0.05, 0) is 6.92 Å². The van der Waals surface area contributed by atoms with Crippen molar-refractivity contribution < 1.29 is 15.0 Å². The van der Waals surface area contributed by atoms with E-state index in [1.54, 1.807) is 6.92 Å². The molecule has 5 heteroatoms. The zero-order valence-corrected chi connectivity index (χ0v) is 7.73. The fourth-order valence-corrected chi connectivity index (χ4v) is 1.12. The molecule has 0 amide bonds. The molecule has 0 bridgehead atoms. The molecule has 0 spiro atoms. The van der Waals surface area contributed by atoms with Gasteiger partial charge in [-0.25, -0.2) is 0 Å². The van der Waals surface area contributed by atoms with E-state index in [0.29, 0.717) is 5.69 Å². The molecule has 5 nitrogen and oxygen atoms in total. The maximum atomic E-state index is 11.0. The zero-order valence-electron chi connectivity index (χ0n) is 7.73. The van der Waals surface area contributed by atoms with Gasteiger partial charge in [0.2, 0.25) is 5.43 Å². The predicted octanol–water partition coefficient (Wildman–Crippen LogP) is 0.337. The number of hydrogen-bond acceptors (Lipinski definition) is 3. The Kier molecular flexibility index (Phi) is 2.91. The molecule has 0 saturated carbocycles. The first kappa shape index (κ1) is 10.3. The number of nitrogens with zero attached hydrogens (tertiary/aromatic N) is 1. The lowest BCUT2D eigenvalue weighted by Gasteiger charge is -2.09. The minimum atomic E-state index is -0.914. The summed E-state index contributed by atoms with van der Waals surface area (Å²) in [5.41, 5.74) is -0.0622. The van der Waals surface area contributed by atoms with Crippen LogP contribution in [0.15, 0.2) is 17.1 Å². The van der Waals surface area contributed by atoms with Crippen LogP contribution in [0, 0.1) is 6.92 Å². The summed E-state index contributed by atoms with van der Waals surface area (Å²) >= 11 is 0. The van der Waals surface area contributed by atoms with Crippen LogP contribution in [0.1, 0.15) is 12.1 Å². The van der Waals surface area contributed by atoms with Crippen molar-refractivity contribution >= 4 is 5.97 Å². The normalized spacial score (nSPS) is 10.1. The number of carboxylic acid groups (broad SMARTS) is 1. The number of aromatic nitrogens is 1. The Morgan fingerprint density at radius 2 is 2.21 bits per heavy atom. The van der Waals surface area contributed by atoms with Crippen molar-refractivity contribution in [2.75, 3.05) is 0 Å². The molecule has 1 aromatic heterocycles. The van der Waals surface area contributed by atoms with Crippen LogP contribution in [-0.4, -0.2) is 20.7 Å². The second kappa shape index (κ2) is 3.95. The summed E-state index contributed by atoms with van der Waals surface area (Å²) in [6.07, 6.45) is 1.43. The van der Waals surface area contributed by atoms with Crippen molar-refractivity contribution in [1.82, 2.24) is 4.57 Å². The Labute approximate surface area is 80.2 Å². The zero-order chi connectivity index (χ0) is 10.7. The first-order valence-electron chi connectivity index (χ1n) is 4.13. The molecule has 0 unspecified atom stereocenters. The molecule has 1 aromatic rings. The van der Waals surface area contributed by atoms with Gasteiger partial charge in [-0.2, -0.15) is 0 Å². The molecule has 0 aliphatic carbocycles. The molecule has 0 atom stereocenters. The van der Waals surface area contributed by atoms with Crippen molar-refractivity contribution in [1.29, 1.82) is 0 Å². The molecule has 0 radical (unpaired) electrons. The largest absolute Gasteiger partial charge is 0.503 e. The average molecular weight is 197 g/mol. The van der Waals surface area contributed by atoms with E-state index in [4.69, 9.17) is 5.11 Å². The van der Waals surface area contributed by atoms with Gasteiger partial charge in [0.25, 0.3) is 0 Å². The first-order valence-corrected chi connectivity index (χ1v) is 4.13. The summed E-state index contributed by atoms with van der Waals surface area (Å²) in [4.78, 5) is 21.2. The van der Waals surface area contributed by atoms with Gasteiger partial charge in [-0.3, -0.25) is 9.59 Å². The molecule has 76 valence electrons. The van der Waals surface area contributed by atoms with Crippen LogP contribution < -0.4 is 5.43 Å². The SMILES string of the molecule is Cc1c(O)c(=O)ccn1CCC(=O)O. The van der Waals surface area contributed by atoms with Gasteiger partial charge in [-0.15, -0.1) is 0 Å². The number of hydrogen-bond donors (Lipinski definition) is 2. The monoisotopic (exact) mass is 197 g/mol. The molecule has 2 N–H and O–H groups in total. The highest BCUT2D eigenvalue weighted by molar-refractivity contribution is 5.66. The highest BCUT2D eigenvalue weighted by atomic mass is 16.4. The molecule has 14 heavy (non-hydrogen) atoms. The van der Waals surface area contributed by atoms with E-state index in [0.717, 1.165) is 0 Å². The van der Waals surface area contributed by atoms with Crippen molar-refractivity contribution in [3.63, 3.8) is 0 Å². The van der Waals surface area contributed by atoms with E-state index in [9.17, 15) is 14.7 Å². The van der Waals surface area contributed by atoms with Crippen LogP contribution in [0.25, 0.3) is 0 Å². The summed E-state index contributed by atoms with van der Waals surface area (Å²) in [5, 5.41) is 17.7. The Morgan fingerprint density at radius 3 is 2.79 bits per heavy atom. The lowest BCUT2D eigenvalue weighted by Crippen LogP contribution is -2.12. The van der Waals surface area contributed by atoms with Crippen LogP contribution in [0.2, 0.25) is 0 Å². The van der Waals surface area contributed by atoms with E-state index >= 15 is 0 Å². The Morgan fingerprint density at radius 1 is 1.57 bits per heavy atom. The summed E-state index contributed by atoms with van der Waals surface area (Å²) in [7, 11) is 0. The average Bonchev–Trinajstić information content (AvgIpc) is 2.13. The van der Waals surface area contributed by atoms with Crippen LogP contribution in [-0.2, 0) is 11.3 Å². The molecule has 0 aromatic carbocycles. The lowest BCUT2D eigenvalue weighted by atomic mass is 10.3. The lowest BCUT2D eigenvalue weighted by molar-refractivity contribution is -0.137. The number of aliphatic carboxylic acids is 1. The summed E-state index contributed by atoms with van der Waals surface area (Å²) < 4.78 is 1.53. The molecular formula is C9H11NO4. The number of carboxylic acids is 1. The fraction of sp³-hybridized carbons (Fsp3) is 0.333. The van der Waals surface area contributed by atoms with Crippen LogP contribution in [0.5, 0.6) is 5.75 Å². The van der Waals surface area contributed by atoms with Crippen molar-refractivity contribution in [2.24, 2.45) is 0 Å². The maximum absolute atomic E-state index is 11.0. The van der Waals surface area contributed by atoms with Gasteiger partial charge in [0.05, 0.1) is 12.1 Å². The Bertz CT molecular complexity index is 408. The van der Waals surface area contributed by atoms with Crippen molar-refractivity contribution in [3.8, 4) is 5.75 Å². The quantitative estimate of drug-likeness (QED) is 0.732.